The summed E-state index contributed by atoms with van der Waals surface area (Å²) in [5, 5.41) is 27.6. The molecule has 1 aromatic rings. The first kappa shape index (κ1) is 15.7. The van der Waals surface area contributed by atoms with Crippen LogP contribution in [0.4, 0.5) is 0 Å². The van der Waals surface area contributed by atoms with E-state index < -0.39 is 27.3 Å². The van der Waals surface area contributed by atoms with E-state index in [1.807, 2.05) is 0 Å². The molecule has 3 N–H and O–H groups in total. The third kappa shape index (κ3) is 3.17. The molecule has 1 saturated heterocycles. The Morgan fingerprint density at radius 1 is 1.38 bits per heavy atom. The normalized spacial score (nSPS) is 20.3. The third-order valence-corrected chi connectivity index (χ3v) is 5.44. The minimum Gasteiger partial charge on any atom is -0.507 e. The van der Waals surface area contributed by atoms with Gasteiger partial charge in [0.1, 0.15) is 11.3 Å². The molecule has 1 aliphatic rings. The summed E-state index contributed by atoms with van der Waals surface area (Å²) < 4.78 is 26.3. The van der Waals surface area contributed by atoms with E-state index in [0.717, 1.165) is 18.6 Å². The lowest BCUT2D eigenvalue weighted by Crippen LogP contribution is -2.40. The number of rotatable bonds is 4. The molecule has 0 radical (unpaired) electrons. The fourth-order valence-corrected chi connectivity index (χ4v) is 3.97. The van der Waals surface area contributed by atoms with E-state index in [0.29, 0.717) is 13.0 Å². The number of carboxylic acid groups (broad SMARTS) is 1. The number of nitrogens with zero attached hydrogens (tertiary/aromatic N) is 1. The smallest absolute Gasteiger partial charge is 0.339 e. The van der Waals surface area contributed by atoms with Crippen molar-refractivity contribution in [3.05, 3.63) is 23.8 Å². The molecule has 0 bridgehead atoms. The monoisotopic (exact) mass is 315 g/mol. The molecule has 2 rings (SSSR count). The van der Waals surface area contributed by atoms with Gasteiger partial charge in [-0.15, -0.1) is 0 Å². The third-order valence-electron chi connectivity index (χ3n) is 3.58. The van der Waals surface area contributed by atoms with Crippen molar-refractivity contribution >= 4 is 16.0 Å². The van der Waals surface area contributed by atoms with Gasteiger partial charge in [-0.1, -0.05) is 0 Å². The number of carbonyl (C=O) groups is 1. The van der Waals surface area contributed by atoms with E-state index in [-0.39, 0.29) is 24.0 Å². The largest absolute Gasteiger partial charge is 0.507 e. The Morgan fingerprint density at radius 2 is 2.10 bits per heavy atom. The number of hydrogen-bond acceptors (Lipinski definition) is 5. The van der Waals surface area contributed by atoms with Crippen LogP contribution in [0.25, 0.3) is 0 Å². The molecule has 1 fully saturated rings. The number of hydrogen-bond donors (Lipinski definition) is 3. The van der Waals surface area contributed by atoms with Gasteiger partial charge < -0.3 is 15.3 Å². The van der Waals surface area contributed by atoms with Crippen molar-refractivity contribution < 1.29 is 28.5 Å². The van der Waals surface area contributed by atoms with Crippen molar-refractivity contribution in [2.45, 2.75) is 17.7 Å². The molecular formula is C13H17NO6S. The SMILES string of the molecule is O=C(O)c1cc(S(=O)(=O)N2CCCC(CO)C2)ccc1O. The van der Waals surface area contributed by atoms with E-state index in [2.05, 4.69) is 0 Å². The predicted octanol–water partition coefficient (Wildman–Crippen LogP) is 0.483. The van der Waals surface area contributed by atoms with Crippen molar-refractivity contribution in [3.63, 3.8) is 0 Å². The van der Waals surface area contributed by atoms with Gasteiger partial charge in [0.15, 0.2) is 0 Å². The summed E-state index contributed by atoms with van der Waals surface area (Å²) in [6.07, 6.45) is 1.41. The van der Waals surface area contributed by atoms with Crippen molar-refractivity contribution in [1.29, 1.82) is 0 Å². The van der Waals surface area contributed by atoms with Crippen LogP contribution in [0.3, 0.4) is 0 Å². The minimum absolute atomic E-state index is 0.0814. The second-order valence-corrected chi connectivity index (χ2v) is 6.98. The van der Waals surface area contributed by atoms with Crippen LogP contribution < -0.4 is 0 Å². The Bertz CT molecular complexity index is 642. The van der Waals surface area contributed by atoms with Gasteiger partial charge in [0, 0.05) is 19.7 Å². The van der Waals surface area contributed by atoms with Crippen LogP contribution in [-0.4, -0.2) is 53.7 Å². The average molecular weight is 315 g/mol. The summed E-state index contributed by atoms with van der Waals surface area (Å²) in [6.45, 7) is 0.464. The van der Waals surface area contributed by atoms with Gasteiger partial charge in [-0.2, -0.15) is 4.31 Å². The molecule has 21 heavy (non-hydrogen) atoms. The zero-order valence-electron chi connectivity index (χ0n) is 11.3. The maximum atomic E-state index is 12.5. The average Bonchev–Trinajstić information content (AvgIpc) is 2.47. The van der Waals surface area contributed by atoms with Crippen LogP contribution in [0, 0.1) is 5.92 Å². The fourth-order valence-electron chi connectivity index (χ4n) is 2.39. The first-order chi connectivity index (χ1) is 9.86. The molecule has 1 unspecified atom stereocenters. The summed E-state index contributed by atoms with van der Waals surface area (Å²) in [5.41, 5.74) is -0.452. The highest BCUT2D eigenvalue weighted by Gasteiger charge is 2.30. The number of aliphatic hydroxyl groups is 1. The highest BCUT2D eigenvalue weighted by molar-refractivity contribution is 7.89. The Morgan fingerprint density at radius 3 is 2.71 bits per heavy atom. The van der Waals surface area contributed by atoms with Crippen molar-refractivity contribution in [3.8, 4) is 5.75 Å². The number of sulfonamides is 1. The standard InChI is InChI=1S/C13H17NO6S/c15-8-9-2-1-5-14(7-9)21(19,20)10-3-4-12(16)11(6-10)13(17)18/h3-4,6,9,15-16H,1-2,5,7-8H2,(H,17,18). The van der Waals surface area contributed by atoms with Gasteiger partial charge in [0.25, 0.3) is 0 Å². The number of aromatic carboxylic acids is 1. The molecule has 8 heteroatoms. The molecule has 1 heterocycles. The van der Waals surface area contributed by atoms with Crippen LogP contribution in [0.15, 0.2) is 23.1 Å². The maximum Gasteiger partial charge on any atom is 0.339 e. The second kappa shape index (κ2) is 6.00. The molecule has 0 aromatic heterocycles. The van der Waals surface area contributed by atoms with E-state index in [4.69, 9.17) is 10.2 Å². The first-order valence-corrected chi connectivity index (χ1v) is 7.97. The van der Waals surface area contributed by atoms with Gasteiger partial charge >= 0.3 is 5.97 Å². The number of benzene rings is 1. The van der Waals surface area contributed by atoms with Gasteiger partial charge in [0.05, 0.1) is 4.90 Å². The summed E-state index contributed by atoms with van der Waals surface area (Å²) >= 11 is 0. The first-order valence-electron chi connectivity index (χ1n) is 6.53. The number of aromatic hydroxyl groups is 1. The summed E-state index contributed by atoms with van der Waals surface area (Å²) in [7, 11) is -3.83. The molecule has 7 nitrogen and oxygen atoms in total. The molecule has 0 saturated carbocycles. The number of carboxylic acids is 1. The van der Waals surface area contributed by atoms with Crippen LogP contribution in [0.5, 0.6) is 5.75 Å². The van der Waals surface area contributed by atoms with E-state index in [9.17, 15) is 18.3 Å². The highest BCUT2D eigenvalue weighted by atomic mass is 32.2. The van der Waals surface area contributed by atoms with E-state index in [1.54, 1.807) is 0 Å². The zero-order valence-corrected chi connectivity index (χ0v) is 12.1. The Hall–Kier alpha value is -1.64. The van der Waals surface area contributed by atoms with Crippen LogP contribution in [0.2, 0.25) is 0 Å². The van der Waals surface area contributed by atoms with Crippen LogP contribution in [-0.2, 0) is 10.0 Å². The molecule has 0 aliphatic carbocycles. The van der Waals surface area contributed by atoms with Gasteiger partial charge in [-0.3, -0.25) is 0 Å². The van der Waals surface area contributed by atoms with Crippen molar-refractivity contribution in [1.82, 2.24) is 4.31 Å². The second-order valence-electron chi connectivity index (χ2n) is 5.04. The van der Waals surface area contributed by atoms with Crippen molar-refractivity contribution in [2.24, 2.45) is 5.92 Å². The summed E-state index contributed by atoms with van der Waals surface area (Å²) in [5.74, 6) is -1.98. The Kier molecular flexibility index (Phi) is 4.50. The minimum atomic E-state index is -3.83. The summed E-state index contributed by atoms with van der Waals surface area (Å²) in [4.78, 5) is 10.8. The van der Waals surface area contributed by atoms with Gasteiger partial charge in [-0.05, 0) is 37.0 Å². The number of aliphatic hydroxyl groups excluding tert-OH is 1. The van der Waals surface area contributed by atoms with E-state index in [1.165, 1.54) is 10.4 Å². The quantitative estimate of drug-likeness (QED) is 0.744. The predicted molar refractivity (Wildman–Crippen MR) is 73.6 cm³/mol. The fraction of sp³-hybridized carbons (Fsp3) is 0.462. The van der Waals surface area contributed by atoms with Gasteiger partial charge in [-0.25, -0.2) is 13.2 Å². The molecule has 1 atom stereocenters. The molecular weight excluding hydrogens is 298 g/mol. The van der Waals surface area contributed by atoms with Crippen LogP contribution >= 0.6 is 0 Å². The van der Waals surface area contributed by atoms with Crippen LogP contribution in [0.1, 0.15) is 23.2 Å². The molecule has 1 aromatic carbocycles. The zero-order chi connectivity index (χ0) is 15.6. The topological polar surface area (TPSA) is 115 Å². The Labute approximate surface area is 122 Å². The summed E-state index contributed by atoms with van der Waals surface area (Å²) in [6, 6.07) is 3.19. The van der Waals surface area contributed by atoms with Gasteiger partial charge in [0.2, 0.25) is 10.0 Å². The number of phenols is 1. The molecule has 1 aliphatic heterocycles. The lowest BCUT2D eigenvalue weighted by atomic mass is 10.0. The molecule has 116 valence electrons. The molecule has 0 amide bonds. The lowest BCUT2D eigenvalue weighted by molar-refractivity contribution is 0.0693. The Balaban J connectivity index is 2.35. The van der Waals surface area contributed by atoms with E-state index >= 15 is 0 Å². The highest BCUT2D eigenvalue weighted by Crippen LogP contribution is 2.27. The lowest BCUT2D eigenvalue weighted by Gasteiger charge is -2.31. The van der Waals surface area contributed by atoms with Crippen molar-refractivity contribution in [2.75, 3.05) is 19.7 Å². The maximum absolute atomic E-state index is 12.5. The molecule has 0 spiro atoms. The number of piperidine rings is 1.